The van der Waals surface area contributed by atoms with Crippen LogP contribution < -0.4 is 19.5 Å². The highest BCUT2D eigenvalue weighted by molar-refractivity contribution is 6.32. The molecule has 0 unspecified atom stereocenters. The third kappa shape index (κ3) is 3.98. The minimum atomic E-state index is -0.274. The van der Waals surface area contributed by atoms with Crippen molar-refractivity contribution in [3.63, 3.8) is 0 Å². The summed E-state index contributed by atoms with van der Waals surface area (Å²) >= 11 is 6.05. The summed E-state index contributed by atoms with van der Waals surface area (Å²) in [7, 11) is 0. The molecule has 27 heavy (non-hydrogen) atoms. The number of hydrogen-bond donors (Lipinski definition) is 1. The van der Waals surface area contributed by atoms with Crippen molar-refractivity contribution in [2.75, 3.05) is 6.79 Å². The first-order valence-electron chi connectivity index (χ1n) is 8.26. The maximum absolute atomic E-state index is 12.3. The average Bonchev–Trinajstić information content (AvgIpc) is 3.34. The Kier molecular flexibility index (Phi) is 4.84. The fourth-order valence-corrected chi connectivity index (χ4v) is 2.77. The second-order valence-electron chi connectivity index (χ2n) is 5.81. The van der Waals surface area contributed by atoms with Crippen molar-refractivity contribution in [2.24, 2.45) is 0 Å². The molecule has 1 aliphatic rings. The second kappa shape index (κ2) is 7.59. The van der Waals surface area contributed by atoms with E-state index in [1.54, 1.807) is 24.4 Å². The molecule has 0 atom stereocenters. The smallest absolute Gasteiger partial charge is 0.272 e. The molecule has 1 N–H and O–H groups in total. The van der Waals surface area contributed by atoms with Crippen LogP contribution in [0.5, 0.6) is 17.2 Å². The highest BCUT2D eigenvalue weighted by atomic mass is 35.5. The van der Waals surface area contributed by atoms with Gasteiger partial charge >= 0.3 is 0 Å². The lowest BCUT2D eigenvalue weighted by molar-refractivity contribution is 0.0943. The number of hydrogen-bond acceptors (Lipinski definition) is 5. The molecule has 2 aromatic carbocycles. The van der Waals surface area contributed by atoms with Gasteiger partial charge in [-0.15, -0.1) is 0 Å². The Hall–Kier alpha value is -3.19. The van der Waals surface area contributed by atoms with E-state index in [-0.39, 0.29) is 19.4 Å². The van der Waals surface area contributed by atoms with Gasteiger partial charge in [0.25, 0.3) is 5.91 Å². The Labute approximate surface area is 160 Å². The van der Waals surface area contributed by atoms with Crippen LogP contribution in [0.4, 0.5) is 0 Å². The zero-order chi connectivity index (χ0) is 18.6. The third-order valence-corrected chi connectivity index (χ3v) is 4.26. The molecule has 1 aliphatic heterocycles. The molecule has 0 spiro atoms. The summed E-state index contributed by atoms with van der Waals surface area (Å²) < 4.78 is 17.7. The van der Waals surface area contributed by atoms with Crippen LogP contribution in [0.1, 0.15) is 16.1 Å². The number of fused-ring (bicyclic) bond motifs is 1. The molecule has 1 amide bonds. The summed E-state index contributed by atoms with van der Waals surface area (Å²) in [5.74, 6) is 1.68. The van der Waals surface area contributed by atoms with E-state index in [2.05, 4.69) is 10.4 Å². The predicted molar refractivity (Wildman–Crippen MR) is 98.0 cm³/mol. The number of nitrogens with zero attached hydrogens (tertiary/aromatic N) is 2. The van der Waals surface area contributed by atoms with Crippen molar-refractivity contribution in [2.45, 2.75) is 13.3 Å². The van der Waals surface area contributed by atoms with Crippen LogP contribution in [-0.4, -0.2) is 22.5 Å². The number of nitrogens with one attached hydrogen (secondary N) is 1. The molecule has 138 valence electrons. The van der Waals surface area contributed by atoms with Crippen LogP contribution >= 0.6 is 11.6 Å². The Morgan fingerprint density at radius 2 is 2.04 bits per heavy atom. The summed E-state index contributed by atoms with van der Waals surface area (Å²) in [6.07, 6.45) is 1.67. The van der Waals surface area contributed by atoms with E-state index in [0.717, 1.165) is 5.56 Å². The number of amides is 1. The molecular formula is C19H16ClN3O4. The standard InChI is InChI=1S/C19H16ClN3O4/c20-14-3-1-2-4-16(14)25-11-23-8-7-15(22-23)19(24)21-10-13-5-6-17-18(9-13)27-12-26-17/h1-9H,10-12H2,(H,21,24). The van der Waals surface area contributed by atoms with Gasteiger partial charge < -0.3 is 19.5 Å². The first-order chi connectivity index (χ1) is 13.2. The fraction of sp³-hybridized carbons (Fsp3) is 0.158. The topological polar surface area (TPSA) is 74.6 Å². The second-order valence-corrected chi connectivity index (χ2v) is 6.22. The molecule has 0 fully saturated rings. The molecule has 0 saturated heterocycles. The quantitative estimate of drug-likeness (QED) is 0.705. The van der Waals surface area contributed by atoms with Crippen molar-refractivity contribution < 1.29 is 19.0 Å². The van der Waals surface area contributed by atoms with Gasteiger partial charge in [-0.3, -0.25) is 4.79 Å². The molecule has 1 aromatic heterocycles. The van der Waals surface area contributed by atoms with Crippen molar-refractivity contribution >= 4 is 17.5 Å². The highest BCUT2D eigenvalue weighted by Crippen LogP contribution is 2.32. The monoisotopic (exact) mass is 385 g/mol. The van der Waals surface area contributed by atoms with E-state index >= 15 is 0 Å². The number of carbonyl (C=O) groups excluding carboxylic acids is 1. The zero-order valence-corrected chi connectivity index (χ0v) is 15.0. The van der Waals surface area contributed by atoms with E-state index in [1.807, 2.05) is 30.3 Å². The van der Waals surface area contributed by atoms with Crippen LogP contribution in [0.25, 0.3) is 0 Å². The Balaban J connectivity index is 1.32. The number of ether oxygens (including phenoxy) is 3. The van der Waals surface area contributed by atoms with Gasteiger partial charge in [0, 0.05) is 12.7 Å². The fourth-order valence-electron chi connectivity index (χ4n) is 2.58. The van der Waals surface area contributed by atoms with Gasteiger partial charge in [-0.2, -0.15) is 5.10 Å². The van der Waals surface area contributed by atoms with Gasteiger partial charge in [0.2, 0.25) is 6.79 Å². The Morgan fingerprint density at radius 3 is 2.93 bits per heavy atom. The molecule has 3 aromatic rings. The first kappa shape index (κ1) is 17.2. The molecule has 0 bridgehead atoms. The number of benzene rings is 2. The average molecular weight is 386 g/mol. The van der Waals surface area contributed by atoms with E-state index in [1.165, 1.54) is 4.68 Å². The number of aromatic nitrogens is 2. The Morgan fingerprint density at radius 1 is 1.19 bits per heavy atom. The van der Waals surface area contributed by atoms with Crippen LogP contribution in [0.15, 0.2) is 54.7 Å². The summed E-state index contributed by atoms with van der Waals surface area (Å²) in [5.41, 5.74) is 1.22. The Bertz CT molecular complexity index is 973. The summed E-state index contributed by atoms with van der Waals surface area (Å²) in [6, 6.07) is 14.4. The molecule has 0 radical (unpaired) electrons. The van der Waals surface area contributed by atoms with Gasteiger partial charge in [0.1, 0.15) is 11.4 Å². The maximum atomic E-state index is 12.3. The molecule has 7 nitrogen and oxygen atoms in total. The van der Waals surface area contributed by atoms with Crippen molar-refractivity contribution in [3.8, 4) is 17.2 Å². The van der Waals surface area contributed by atoms with Gasteiger partial charge in [-0.25, -0.2) is 4.68 Å². The van der Waals surface area contributed by atoms with Crippen LogP contribution in [-0.2, 0) is 13.3 Å². The molecule has 0 saturated carbocycles. The van der Waals surface area contributed by atoms with Crippen molar-refractivity contribution in [3.05, 3.63) is 71.0 Å². The first-order valence-corrected chi connectivity index (χ1v) is 8.64. The van der Waals surface area contributed by atoms with Crippen molar-refractivity contribution in [1.29, 1.82) is 0 Å². The minimum Gasteiger partial charge on any atom is -0.470 e. The lowest BCUT2D eigenvalue weighted by atomic mass is 10.2. The molecule has 0 aliphatic carbocycles. The van der Waals surface area contributed by atoms with Crippen molar-refractivity contribution in [1.82, 2.24) is 15.1 Å². The molecule has 8 heteroatoms. The lowest BCUT2D eigenvalue weighted by Gasteiger charge is -2.07. The van der Waals surface area contributed by atoms with Crippen LogP contribution in [0, 0.1) is 0 Å². The summed E-state index contributed by atoms with van der Waals surface area (Å²) in [6.45, 7) is 0.733. The summed E-state index contributed by atoms with van der Waals surface area (Å²) in [4.78, 5) is 12.3. The predicted octanol–water partition coefficient (Wildman–Crippen LogP) is 3.23. The van der Waals surface area contributed by atoms with Gasteiger partial charge in [-0.05, 0) is 35.9 Å². The number of halogens is 1. The van der Waals surface area contributed by atoms with Crippen LogP contribution in [0.2, 0.25) is 5.02 Å². The molecule has 4 rings (SSSR count). The summed E-state index contributed by atoms with van der Waals surface area (Å²) in [5, 5.41) is 7.57. The van der Waals surface area contributed by atoms with E-state index in [0.29, 0.717) is 34.5 Å². The number of carbonyl (C=O) groups is 1. The maximum Gasteiger partial charge on any atom is 0.272 e. The van der Waals surface area contributed by atoms with Crippen LogP contribution in [0.3, 0.4) is 0 Å². The molecule has 2 heterocycles. The van der Waals surface area contributed by atoms with Gasteiger partial charge in [-0.1, -0.05) is 29.8 Å². The highest BCUT2D eigenvalue weighted by Gasteiger charge is 2.14. The van der Waals surface area contributed by atoms with E-state index in [9.17, 15) is 4.79 Å². The van der Waals surface area contributed by atoms with Gasteiger partial charge in [0.05, 0.1) is 5.02 Å². The molecular weight excluding hydrogens is 370 g/mol. The zero-order valence-electron chi connectivity index (χ0n) is 14.2. The SMILES string of the molecule is O=C(NCc1ccc2c(c1)OCO2)c1ccn(COc2ccccc2Cl)n1. The number of rotatable bonds is 6. The minimum absolute atomic E-state index is 0.152. The normalized spacial score (nSPS) is 12.0. The lowest BCUT2D eigenvalue weighted by Crippen LogP contribution is -2.23. The third-order valence-electron chi connectivity index (χ3n) is 3.95. The number of para-hydroxylation sites is 1. The van der Waals surface area contributed by atoms with Gasteiger partial charge in [0.15, 0.2) is 18.2 Å². The van der Waals surface area contributed by atoms with E-state index < -0.39 is 0 Å². The van der Waals surface area contributed by atoms with E-state index in [4.69, 9.17) is 25.8 Å². The largest absolute Gasteiger partial charge is 0.470 e.